The summed E-state index contributed by atoms with van der Waals surface area (Å²) < 4.78 is 38.1. The SMILES string of the molecule is CN(c1ccccc1C(=O)Nc1ccc2c(c1)OCCO2)S(=O)(=O)c1ccccc1. The molecule has 0 saturated heterocycles. The van der Waals surface area contributed by atoms with Crippen molar-refractivity contribution in [1.29, 1.82) is 0 Å². The van der Waals surface area contributed by atoms with Gasteiger partial charge in [0.15, 0.2) is 11.5 Å². The summed E-state index contributed by atoms with van der Waals surface area (Å²) in [5.41, 5.74) is 1.03. The van der Waals surface area contributed by atoms with Gasteiger partial charge in [0.05, 0.1) is 16.1 Å². The van der Waals surface area contributed by atoms with Gasteiger partial charge < -0.3 is 14.8 Å². The zero-order chi connectivity index (χ0) is 21.1. The minimum Gasteiger partial charge on any atom is -0.486 e. The van der Waals surface area contributed by atoms with E-state index in [1.165, 1.54) is 19.2 Å². The summed E-state index contributed by atoms with van der Waals surface area (Å²) in [5.74, 6) is 0.738. The van der Waals surface area contributed by atoms with Crippen LogP contribution in [0.2, 0.25) is 0 Å². The smallest absolute Gasteiger partial charge is 0.264 e. The first-order valence-electron chi connectivity index (χ1n) is 9.31. The van der Waals surface area contributed by atoms with Crippen LogP contribution < -0.4 is 19.1 Å². The number of ether oxygens (including phenoxy) is 2. The van der Waals surface area contributed by atoms with E-state index in [1.54, 1.807) is 60.7 Å². The van der Waals surface area contributed by atoms with Gasteiger partial charge in [-0.05, 0) is 36.4 Å². The number of rotatable bonds is 5. The Bertz CT molecular complexity index is 1180. The number of anilines is 2. The Balaban J connectivity index is 1.62. The van der Waals surface area contributed by atoms with Crippen molar-refractivity contribution in [2.75, 3.05) is 29.9 Å². The van der Waals surface area contributed by atoms with Gasteiger partial charge in [-0.2, -0.15) is 0 Å². The third-order valence-corrected chi connectivity index (χ3v) is 6.48. The summed E-state index contributed by atoms with van der Waals surface area (Å²) in [4.78, 5) is 13.1. The fourth-order valence-corrected chi connectivity index (χ4v) is 4.38. The molecule has 0 fully saturated rings. The number of carbonyl (C=O) groups excluding carboxylic acids is 1. The molecule has 7 nitrogen and oxygen atoms in total. The van der Waals surface area contributed by atoms with Crippen LogP contribution in [0.25, 0.3) is 0 Å². The lowest BCUT2D eigenvalue weighted by Crippen LogP contribution is -2.29. The average Bonchev–Trinajstić information content (AvgIpc) is 2.79. The lowest BCUT2D eigenvalue weighted by Gasteiger charge is -2.22. The molecule has 0 spiro atoms. The second-order valence-corrected chi connectivity index (χ2v) is 8.58. The van der Waals surface area contributed by atoms with Crippen LogP contribution in [0, 0.1) is 0 Å². The van der Waals surface area contributed by atoms with Crippen molar-refractivity contribution in [3.05, 3.63) is 78.4 Å². The second kappa shape index (κ2) is 8.08. The highest BCUT2D eigenvalue weighted by molar-refractivity contribution is 7.92. The van der Waals surface area contributed by atoms with Crippen LogP contribution >= 0.6 is 0 Å². The molecule has 0 unspecified atom stereocenters. The van der Waals surface area contributed by atoms with Crippen LogP contribution in [0.3, 0.4) is 0 Å². The number of hydrogen-bond acceptors (Lipinski definition) is 5. The predicted octanol–water partition coefficient (Wildman–Crippen LogP) is 3.54. The molecule has 0 atom stereocenters. The summed E-state index contributed by atoms with van der Waals surface area (Å²) >= 11 is 0. The molecule has 1 aliphatic heterocycles. The Morgan fingerprint density at radius 2 is 1.57 bits per heavy atom. The first kappa shape index (κ1) is 19.8. The fourth-order valence-electron chi connectivity index (χ4n) is 3.14. The molecular weight excluding hydrogens is 404 g/mol. The number of para-hydroxylation sites is 1. The molecule has 1 N–H and O–H groups in total. The van der Waals surface area contributed by atoms with Gasteiger partial charge in [-0.15, -0.1) is 0 Å². The summed E-state index contributed by atoms with van der Waals surface area (Å²) in [6.07, 6.45) is 0. The van der Waals surface area contributed by atoms with Gasteiger partial charge in [0.2, 0.25) is 0 Å². The van der Waals surface area contributed by atoms with Crippen molar-refractivity contribution in [3.63, 3.8) is 0 Å². The summed E-state index contributed by atoms with van der Waals surface area (Å²) in [6.45, 7) is 0.920. The number of benzene rings is 3. The van der Waals surface area contributed by atoms with Crippen LogP contribution in [0.4, 0.5) is 11.4 Å². The van der Waals surface area contributed by atoms with Gasteiger partial charge in [0, 0.05) is 18.8 Å². The number of nitrogens with one attached hydrogen (secondary N) is 1. The van der Waals surface area contributed by atoms with Gasteiger partial charge in [0.25, 0.3) is 15.9 Å². The number of carbonyl (C=O) groups is 1. The van der Waals surface area contributed by atoms with E-state index in [9.17, 15) is 13.2 Å². The highest BCUT2D eigenvalue weighted by atomic mass is 32.2. The molecule has 1 aliphatic rings. The third-order valence-electron chi connectivity index (χ3n) is 4.69. The van der Waals surface area contributed by atoms with Gasteiger partial charge in [-0.1, -0.05) is 30.3 Å². The van der Waals surface area contributed by atoms with E-state index in [2.05, 4.69) is 5.32 Å². The highest BCUT2D eigenvalue weighted by Crippen LogP contribution is 2.33. The van der Waals surface area contributed by atoms with Crippen LogP contribution in [0.15, 0.2) is 77.7 Å². The fraction of sp³-hybridized carbons (Fsp3) is 0.136. The number of amides is 1. The second-order valence-electron chi connectivity index (χ2n) is 6.62. The maximum absolute atomic E-state index is 13.0. The number of sulfonamides is 1. The van der Waals surface area contributed by atoms with Crippen LogP contribution in [0.1, 0.15) is 10.4 Å². The molecule has 30 heavy (non-hydrogen) atoms. The largest absolute Gasteiger partial charge is 0.486 e. The molecular formula is C22H20N2O5S. The Hall–Kier alpha value is -3.52. The zero-order valence-corrected chi connectivity index (χ0v) is 17.1. The maximum atomic E-state index is 13.0. The molecule has 1 heterocycles. The van der Waals surface area contributed by atoms with Crippen LogP contribution in [-0.2, 0) is 10.0 Å². The summed E-state index contributed by atoms with van der Waals surface area (Å²) in [7, 11) is -2.39. The first-order valence-corrected chi connectivity index (χ1v) is 10.7. The molecule has 0 aromatic heterocycles. The third kappa shape index (κ3) is 3.81. The Labute approximate surface area is 174 Å². The number of nitrogens with zero attached hydrogens (tertiary/aromatic N) is 1. The lowest BCUT2D eigenvalue weighted by atomic mass is 10.1. The van der Waals surface area contributed by atoms with E-state index in [0.29, 0.717) is 30.4 Å². The van der Waals surface area contributed by atoms with Crippen molar-refractivity contribution in [2.24, 2.45) is 0 Å². The molecule has 4 rings (SSSR count). The van der Waals surface area contributed by atoms with Gasteiger partial charge in [-0.25, -0.2) is 8.42 Å². The summed E-state index contributed by atoms with van der Waals surface area (Å²) in [6, 6.07) is 19.8. The normalized spacial score (nSPS) is 12.8. The van der Waals surface area contributed by atoms with E-state index in [-0.39, 0.29) is 16.1 Å². The lowest BCUT2D eigenvalue weighted by molar-refractivity contribution is 0.102. The monoisotopic (exact) mass is 424 g/mol. The minimum absolute atomic E-state index is 0.148. The quantitative estimate of drug-likeness (QED) is 0.677. The Morgan fingerprint density at radius 3 is 2.33 bits per heavy atom. The van der Waals surface area contributed by atoms with Gasteiger partial charge in [-0.3, -0.25) is 9.10 Å². The highest BCUT2D eigenvalue weighted by Gasteiger charge is 2.25. The van der Waals surface area contributed by atoms with Crippen molar-refractivity contribution < 1.29 is 22.7 Å². The molecule has 3 aromatic carbocycles. The van der Waals surface area contributed by atoms with Crippen molar-refractivity contribution >= 4 is 27.3 Å². The molecule has 0 radical (unpaired) electrons. The predicted molar refractivity (Wildman–Crippen MR) is 114 cm³/mol. The van der Waals surface area contributed by atoms with E-state index in [0.717, 1.165) is 4.31 Å². The van der Waals surface area contributed by atoms with E-state index in [4.69, 9.17) is 9.47 Å². The maximum Gasteiger partial charge on any atom is 0.264 e. The minimum atomic E-state index is -3.82. The van der Waals surface area contributed by atoms with Crippen LogP contribution in [0.5, 0.6) is 11.5 Å². The molecule has 154 valence electrons. The summed E-state index contributed by atoms with van der Waals surface area (Å²) in [5, 5.41) is 2.80. The van der Waals surface area contributed by atoms with Crippen molar-refractivity contribution in [1.82, 2.24) is 0 Å². The zero-order valence-electron chi connectivity index (χ0n) is 16.2. The average molecular weight is 424 g/mol. The van der Waals surface area contributed by atoms with Crippen molar-refractivity contribution in [3.8, 4) is 11.5 Å². The topological polar surface area (TPSA) is 84.9 Å². The van der Waals surface area contributed by atoms with Gasteiger partial charge >= 0.3 is 0 Å². The Morgan fingerprint density at radius 1 is 0.900 bits per heavy atom. The molecule has 0 saturated carbocycles. The van der Waals surface area contributed by atoms with Gasteiger partial charge in [0.1, 0.15) is 13.2 Å². The Kier molecular flexibility index (Phi) is 5.33. The molecule has 8 heteroatoms. The first-order chi connectivity index (χ1) is 14.5. The molecule has 0 aliphatic carbocycles. The molecule has 0 bridgehead atoms. The van der Waals surface area contributed by atoms with Crippen molar-refractivity contribution in [2.45, 2.75) is 4.90 Å². The van der Waals surface area contributed by atoms with E-state index >= 15 is 0 Å². The van der Waals surface area contributed by atoms with Crippen LogP contribution in [-0.4, -0.2) is 34.6 Å². The number of fused-ring (bicyclic) bond motifs is 1. The van der Waals surface area contributed by atoms with E-state index in [1.807, 2.05) is 0 Å². The molecule has 3 aromatic rings. The molecule has 1 amide bonds. The number of hydrogen-bond donors (Lipinski definition) is 1. The standard InChI is InChI=1S/C22H20N2O5S/c1-24(30(26,27)17-7-3-2-4-8-17)19-10-6-5-9-18(19)22(25)23-16-11-12-20-21(15-16)29-14-13-28-20/h2-12,15H,13-14H2,1H3,(H,23,25). The van der Waals surface area contributed by atoms with E-state index < -0.39 is 15.9 Å².